The number of benzene rings is 2. The van der Waals surface area contributed by atoms with E-state index in [-0.39, 0.29) is 29.9 Å². The lowest BCUT2D eigenvalue weighted by atomic mass is 9.76. The number of oxime groups is 1. The molecule has 0 N–H and O–H groups in total. The van der Waals surface area contributed by atoms with Crippen LogP contribution < -0.4 is 0 Å². The van der Waals surface area contributed by atoms with Gasteiger partial charge in [-0.1, -0.05) is 42.8 Å². The van der Waals surface area contributed by atoms with E-state index in [9.17, 15) is 4.79 Å². The zero-order valence-electron chi connectivity index (χ0n) is 29.7. The molecule has 0 bridgehead atoms. The molecule has 4 atom stereocenters. The standard InChI is InChI=1S/C38H57N3O5S2/c1-6-7-23-45-35(42)10-8-9-24-46-39-38(36(29(2)40-19-25-43-26-20-40)31-11-15-33(47-4)16-12-31)37(30(3)41-21-27-44-28-22-41)32-13-17-34(48-5)18-14-32/h11-18,29-30,36-37H,6-10,19-28H2,1-5H3. The molecule has 48 heavy (non-hydrogen) atoms. The molecule has 4 unspecified atom stereocenters. The van der Waals surface area contributed by atoms with Gasteiger partial charge in [-0.2, -0.15) is 0 Å². The number of ether oxygens (including phenoxy) is 3. The summed E-state index contributed by atoms with van der Waals surface area (Å²) >= 11 is 3.52. The smallest absolute Gasteiger partial charge is 0.305 e. The molecule has 8 nitrogen and oxygen atoms in total. The van der Waals surface area contributed by atoms with Crippen LogP contribution in [0.15, 0.2) is 63.5 Å². The van der Waals surface area contributed by atoms with E-state index < -0.39 is 0 Å². The second-order valence-electron chi connectivity index (χ2n) is 12.7. The van der Waals surface area contributed by atoms with Gasteiger partial charge in [0.15, 0.2) is 0 Å². The van der Waals surface area contributed by atoms with Crippen LogP contribution in [-0.2, 0) is 23.8 Å². The SMILES string of the molecule is CCCCOC(=O)CCCCON=C(C(c1ccc(SC)cc1)C(C)N1CCOCC1)C(c1ccc(SC)cc1)C(C)N1CCOCC1. The summed E-state index contributed by atoms with van der Waals surface area (Å²) in [7, 11) is 0. The molecule has 0 radical (unpaired) electrons. The topological polar surface area (TPSA) is 72.8 Å². The molecule has 2 aromatic rings. The molecule has 0 saturated carbocycles. The summed E-state index contributed by atoms with van der Waals surface area (Å²) in [6.45, 7) is 14.2. The lowest BCUT2D eigenvalue weighted by Crippen LogP contribution is -2.50. The van der Waals surface area contributed by atoms with Crippen LogP contribution in [0.3, 0.4) is 0 Å². The molecule has 2 aliphatic heterocycles. The van der Waals surface area contributed by atoms with E-state index in [4.69, 9.17) is 24.2 Å². The van der Waals surface area contributed by atoms with Crippen LogP contribution >= 0.6 is 23.5 Å². The first-order valence-electron chi connectivity index (χ1n) is 17.7. The number of carbonyl (C=O) groups is 1. The number of hydrogen-bond acceptors (Lipinski definition) is 10. The average Bonchev–Trinajstić information content (AvgIpc) is 3.14. The summed E-state index contributed by atoms with van der Waals surface area (Å²) < 4.78 is 16.9. The first kappa shape index (κ1) is 38.7. The molecular weight excluding hydrogens is 643 g/mol. The monoisotopic (exact) mass is 699 g/mol. The van der Waals surface area contributed by atoms with Crippen molar-refractivity contribution in [2.24, 2.45) is 5.16 Å². The third kappa shape index (κ3) is 11.5. The van der Waals surface area contributed by atoms with Crippen molar-refractivity contribution in [3.63, 3.8) is 0 Å². The number of esters is 1. The van der Waals surface area contributed by atoms with Crippen molar-refractivity contribution in [2.45, 2.75) is 86.6 Å². The number of thioether (sulfide) groups is 2. The third-order valence-corrected chi connectivity index (χ3v) is 11.1. The van der Waals surface area contributed by atoms with Crippen LogP contribution in [0.4, 0.5) is 0 Å². The molecular formula is C38H57N3O5S2. The number of nitrogens with zero attached hydrogens (tertiary/aromatic N) is 3. The minimum absolute atomic E-state index is 0.0127. The molecule has 2 aliphatic rings. The van der Waals surface area contributed by atoms with E-state index >= 15 is 0 Å². The number of rotatable bonds is 19. The van der Waals surface area contributed by atoms with Crippen LogP contribution in [-0.4, -0.2) is 112 Å². The van der Waals surface area contributed by atoms with E-state index in [0.29, 0.717) is 26.1 Å². The number of morpholine rings is 2. The highest BCUT2D eigenvalue weighted by Gasteiger charge is 2.39. The van der Waals surface area contributed by atoms with Gasteiger partial charge in [-0.3, -0.25) is 14.6 Å². The molecule has 0 aliphatic carbocycles. The zero-order valence-corrected chi connectivity index (χ0v) is 31.4. The fourth-order valence-corrected chi connectivity index (χ4v) is 7.49. The highest BCUT2D eigenvalue weighted by molar-refractivity contribution is 7.98. The van der Waals surface area contributed by atoms with Crippen molar-refractivity contribution in [3.8, 4) is 0 Å². The van der Waals surface area contributed by atoms with Crippen LogP contribution in [0.25, 0.3) is 0 Å². The quantitative estimate of drug-likeness (QED) is 0.0493. The Labute approximate surface area is 297 Å². The third-order valence-electron chi connectivity index (χ3n) is 9.59. The number of hydrogen-bond donors (Lipinski definition) is 0. The second-order valence-corrected chi connectivity index (χ2v) is 14.4. The summed E-state index contributed by atoms with van der Waals surface area (Å²) in [4.78, 5) is 26.0. The van der Waals surface area contributed by atoms with Crippen LogP contribution in [0.1, 0.15) is 75.8 Å². The lowest BCUT2D eigenvalue weighted by molar-refractivity contribution is -0.143. The molecule has 266 valence electrons. The van der Waals surface area contributed by atoms with E-state index in [2.05, 4.69) is 91.6 Å². The van der Waals surface area contributed by atoms with Crippen molar-refractivity contribution in [3.05, 3.63) is 59.7 Å². The Kier molecular flexibility index (Phi) is 17.1. The van der Waals surface area contributed by atoms with Crippen LogP contribution in [0, 0.1) is 0 Å². The van der Waals surface area contributed by atoms with E-state index in [1.807, 2.05) is 0 Å². The number of carbonyl (C=O) groups excluding carboxylic acids is 1. The summed E-state index contributed by atoms with van der Waals surface area (Å²) in [6.07, 6.45) is 8.00. The second kappa shape index (κ2) is 21.2. The Morgan fingerprint density at radius 1 is 0.750 bits per heavy atom. The van der Waals surface area contributed by atoms with Gasteiger partial charge in [0.25, 0.3) is 0 Å². The normalized spacial score (nSPS) is 18.4. The van der Waals surface area contributed by atoms with Crippen molar-refractivity contribution in [2.75, 3.05) is 78.3 Å². The van der Waals surface area contributed by atoms with Crippen molar-refractivity contribution in [1.29, 1.82) is 0 Å². The Hall–Kier alpha value is -2.08. The summed E-state index contributed by atoms with van der Waals surface area (Å²) in [5.41, 5.74) is 3.52. The van der Waals surface area contributed by atoms with Gasteiger partial charge in [-0.05, 0) is 81.0 Å². The van der Waals surface area contributed by atoms with Crippen LogP contribution in [0.2, 0.25) is 0 Å². The summed E-state index contributed by atoms with van der Waals surface area (Å²) in [5.74, 6) is -0.156. The molecule has 2 aromatic carbocycles. The fraction of sp³-hybridized carbons (Fsp3) is 0.632. The molecule has 0 aromatic heterocycles. The van der Waals surface area contributed by atoms with Crippen molar-refractivity contribution < 1.29 is 23.8 Å². The molecule has 2 fully saturated rings. The van der Waals surface area contributed by atoms with Crippen LogP contribution in [0.5, 0.6) is 0 Å². The van der Waals surface area contributed by atoms with Gasteiger partial charge in [0.2, 0.25) is 0 Å². The highest BCUT2D eigenvalue weighted by atomic mass is 32.2. The maximum Gasteiger partial charge on any atom is 0.305 e. The average molecular weight is 700 g/mol. The minimum Gasteiger partial charge on any atom is -0.466 e. The Bertz CT molecular complexity index is 1160. The predicted octanol–water partition coefficient (Wildman–Crippen LogP) is 7.33. The molecule has 2 saturated heterocycles. The maximum absolute atomic E-state index is 12.2. The molecule has 10 heteroatoms. The Balaban J connectivity index is 1.71. The minimum atomic E-state index is -0.131. The van der Waals surface area contributed by atoms with Gasteiger partial charge < -0.3 is 19.0 Å². The van der Waals surface area contributed by atoms with Gasteiger partial charge in [-0.25, -0.2) is 0 Å². The van der Waals surface area contributed by atoms with E-state index in [1.54, 1.807) is 23.5 Å². The Morgan fingerprint density at radius 3 is 1.67 bits per heavy atom. The zero-order chi connectivity index (χ0) is 34.1. The summed E-state index contributed by atoms with van der Waals surface area (Å²) in [5, 5.41) is 5.15. The molecule has 2 heterocycles. The van der Waals surface area contributed by atoms with Gasteiger partial charge in [0.1, 0.15) is 6.61 Å². The first-order valence-corrected chi connectivity index (χ1v) is 20.2. The lowest BCUT2D eigenvalue weighted by Gasteiger charge is -2.42. The van der Waals surface area contributed by atoms with Gasteiger partial charge >= 0.3 is 5.97 Å². The van der Waals surface area contributed by atoms with Crippen molar-refractivity contribution >= 4 is 35.2 Å². The van der Waals surface area contributed by atoms with Gasteiger partial charge in [-0.15, -0.1) is 23.5 Å². The van der Waals surface area contributed by atoms with Gasteiger partial charge in [0.05, 0.1) is 38.7 Å². The van der Waals surface area contributed by atoms with Crippen molar-refractivity contribution in [1.82, 2.24) is 9.80 Å². The molecule has 4 rings (SSSR count). The van der Waals surface area contributed by atoms with E-state index in [0.717, 1.165) is 77.6 Å². The first-order chi connectivity index (χ1) is 23.5. The predicted molar refractivity (Wildman–Crippen MR) is 199 cm³/mol. The van der Waals surface area contributed by atoms with E-state index in [1.165, 1.54) is 20.9 Å². The fourth-order valence-electron chi connectivity index (χ4n) is 6.67. The maximum atomic E-state index is 12.2. The summed E-state index contributed by atoms with van der Waals surface area (Å²) in [6, 6.07) is 18.4. The highest BCUT2D eigenvalue weighted by Crippen LogP contribution is 2.38. The Morgan fingerprint density at radius 2 is 1.23 bits per heavy atom. The largest absolute Gasteiger partial charge is 0.466 e. The molecule has 0 spiro atoms. The number of unbranched alkanes of at least 4 members (excludes halogenated alkanes) is 2. The van der Waals surface area contributed by atoms with Gasteiger partial charge in [0, 0.05) is 66.3 Å². The molecule has 0 amide bonds.